The van der Waals surface area contributed by atoms with Crippen molar-refractivity contribution in [3.05, 3.63) is 108 Å². The second kappa shape index (κ2) is 10.4. The lowest BCUT2D eigenvalue weighted by molar-refractivity contribution is -0.137. The lowest BCUT2D eigenvalue weighted by Gasteiger charge is -2.06. The van der Waals surface area contributed by atoms with E-state index >= 15 is 0 Å². The van der Waals surface area contributed by atoms with E-state index in [9.17, 15) is 13.2 Å². The summed E-state index contributed by atoms with van der Waals surface area (Å²) in [6.07, 6.45) is -2.43. The van der Waals surface area contributed by atoms with Crippen LogP contribution in [0, 0.1) is 0 Å². The minimum absolute atomic E-state index is 0.643. The number of benzene rings is 3. The summed E-state index contributed by atoms with van der Waals surface area (Å²) in [7, 11) is 0. The number of nitrogens with zero attached hydrogens (tertiary/aromatic N) is 1. The van der Waals surface area contributed by atoms with Crippen LogP contribution in [0.1, 0.15) is 11.1 Å². The van der Waals surface area contributed by atoms with E-state index in [1.807, 2.05) is 60.0 Å². The van der Waals surface area contributed by atoms with E-state index in [4.69, 9.17) is 0 Å². The zero-order valence-corrected chi connectivity index (χ0v) is 17.0. The highest BCUT2D eigenvalue weighted by atomic mass is 32.2. The SMILES string of the molecule is FC(F)(F)c1ccc(SC=CC(=Nc2ccccc2)SCc2ccccc2)cc1. The van der Waals surface area contributed by atoms with E-state index in [1.54, 1.807) is 11.8 Å². The maximum absolute atomic E-state index is 12.7. The highest BCUT2D eigenvalue weighted by molar-refractivity contribution is 8.13. The molecule has 1 nitrogen and oxygen atoms in total. The summed E-state index contributed by atoms with van der Waals surface area (Å²) in [6, 6.07) is 24.9. The highest BCUT2D eigenvalue weighted by Gasteiger charge is 2.29. The van der Waals surface area contributed by atoms with Crippen LogP contribution in [-0.4, -0.2) is 5.04 Å². The Hall–Kier alpha value is -2.44. The van der Waals surface area contributed by atoms with Gasteiger partial charge in [0.25, 0.3) is 0 Å². The maximum Gasteiger partial charge on any atom is 0.416 e. The summed E-state index contributed by atoms with van der Waals surface area (Å²) in [4.78, 5) is 5.42. The largest absolute Gasteiger partial charge is 0.416 e. The Kier molecular flexibility index (Phi) is 7.61. The normalized spacial score (nSPS) is 12.4. The standard InChI is InChI=1S/C23H18F3NS2/c24-23(25,26)19-11-13-21(14-12-19)28-16-15-22(27-20-9-5-2-6-10-20)29-17-18-7-3-1-4-8-18/h1-16H,17H2. The van der Waals surface area contributed by atoms with Crippen LogP contribution in [0.3, 0.4) is 0 Å². The molecule has 0 aliphatic rings. The topological polar surface area (TPSA) is 12.4 Å². The predicted octanol–water partition coefficient (Wildman–Crippen LogP) is 7.97. The van der Waals surface area contributed by atoms with E-state index in [-0.39, 0.29) is 0 Å². The predicted molar refractivity (Wildman–Crippen MR) is 118 cm³/mol. The average molecular weight is 430 g/mol. The first-order chi connectivity index (χ1) is 14.0. The Balaban J connectivity index is 1.69. The molecule has 0 amide bonds. The lowest BCUT2D eigenvalue weighted by Crippen LogP contribution is -2.03. The fraction of sp³-hybridized carbons (Fsp3) is 0.0870. The highest BCUT2D eigenvalue weighted by Crippen LogP contribution is 2.31. The van der Waals surface area contributed by atoms with Crippen molar-refractivity contribution in [3.63, 3.8) is 0 Å². The maximum atomic E-state index is 12.7. The molecule has 0 radical (unpaired) electrons. The third-order valence-electron chi connectivity index (χ3n) is 3.82. The van der Waals surface area contributed by atoms with Gasteiger partial charge in [-0.15, -0.1) is 11.8 Å². The summed E-state index contributed by atoms with van der Waals surface area (Å²) in [5.41, 5.74) is 1.41. The molecule has 3 aromatic rings. The van der Waals surface area contributed by atoms with Gasteiger partial charge in [0.05, 0.1) is 16.3 Å². The molecular weight excluding hydrogens is 411 g/mol. The number of alkyl halides is 3. The van der Waals surface area contributed by atoms with Crippen molar-refractivity contribution in [3.8, 4) is 0 Å². The average Bonchev–Trinajstić information content (AvgIpc) is 2.73. The molecule has 0 unspecified atom stereocenters. The molecule has 3 aromatic carbocycles. The van der Waals surface area contributed by atoms with Crippen LogP contribution in [0.15, 0.2) is 106 Å². The minimum atomic E-state index is -4.32. The lowest BCUT2D eigenvalue weighted by atomic mass is 10.2. The first kappa shape index (κ1) is 21.3. The number of halogens is 3. The quantitative estimate of drug-likeness (QED) is 0.224. The summed E-state index contributed by atoms with van der Waals surface area (Å²) < 4.78 is 38.0. The number of hydrogen-bond donors (Lipinski definition) is 0. The van der Waals surface area contributed by atoms with Gasteiger partial charge in [0, 0.05) is 10.6 Å². The number of para-hydroxylation sites is 1. The van der Waals surface area contributed by atoms with Gasteiger partial charge in [-0.1, -0.05) is 60.3 Å². The van der Waals surface area contributed by atoms with Crippen molar-refractivity contribution in [2.45, 2.75) is 16.8 Å². The monoisotopic (exact) mass is 429 g/mol. The fourth-order valence-electron chi connectivity index (χ4n) is 2.37. The van der Waals surface area contributed by atoms with Crippen molar-refractivity contribution in [2.24, 2.45) is 4.99 Å². The first-order valence-corrected chi connectivity index (χ1v) is 10.7. The molecule has 148 valence electrons. The summed E-state index contributed by atoms with van der Waals surface area (Å²) in [5.74, 6) is 0.780. The van der Waals surface area contributed by atoms with Gasteiger partial charge >= 0.3 is 6.18 Å². The van der Waals surface area contributed by atoms with Crippen molar-refractivity contribution in [1.82, 2.24) is 0 Å². The summed E-state index contributed by atoms with van der Waals surface area (Å²) in [6.45, 7) is 0. The van der Waals surface area contributed by atoms with Gasteiger partial charge in [0.1, 0.15) is 0 Å². The van der Waals surface area contributed by atoms with Crippen LogP contribution >= 0.6 is 23.5 Å². The second-order valence-electron chi connectivity index (χ2n) is 6.00. The zero-order valence-electron chi connectivity index (χ0n) is 15.3. The molecule has 0 fully saturated rings. The summed E-state index contributed by atoms with van der Waals surface area (Å²) >= 11 is 2.97. The molecule has 0 saturated carbocycles. The van der Waals surface area contributed by atoms with Crippen LogP contribution in [0.25, 0.3) is 0 Å². The van der Waals surface area contributed by atoms with E-state index in [0.29, 0.717) is 0 Å². The van der Waals surface area contributed by atoms with Gasteiger partial charge in [0.2, 0.25) is 0 Å². The van der Waals surface area contributed by atoms with Crippen molar-refractivity contribution in [2.75, 3.05) is 0 Å². The number of aliphatic imine (C=N–C) groups is 1. The van der Waals surface area contributed by atoms with Gasteiger partial charge in [-0.2, -0.15) is 13.2 Å². The number of hydrogen-bond acceptors (Lipinski definition) is 3. The van der Waals surface area contributed by atoms with Crippen molar-refractivity contribution in [1.29, 1.82) is 0 Å². The van der Waals surface area contributed by atoms with Crippen LogP contribution in [-0.2, 0) is 11.9 Å². The number of thioether (sulfide) groups is 2. The molecule has 0 spiro atoms. The molecule has 0 atom stereocenters. The van der Waals surface area contributed by atoms with E-state index in [0.717, 1.165) is 33.5 Å². The number of rotatable bonds is 6. The molecule has 0 aliphatic heterocycles. The van der Waals surface area contributed by atoms with Crippen molar-refractivity contribution < 1.29 is 13.2 Å². The molecular formula is C23H18F3NS2. The molecule has 6 heteroatoms. The van der Waals surface area contributed by atoms with Crippen LogP contribution in [0.2, 0.25) is 0 Å². The second-order valence-corrected chi connectivity index (χ2v) is 7.98. The van der Waals surface area contributed by atoms with Crippen LogP contribution in [0.4, 0.5) is 18.9 Å². The Labute approximate surface area is 176 Å². The molecule has 3 rings (SSSR count). The van der Waals surface area contributed by atoms with Gasteiger partial charge in [0.15, 0.2) is 0 Å². The van der Waals surface area contributed by atoms with Gasteiger partial charge in [-0.25, -0.2) is 4.99 Å². The van der Waals surface area contributed by atoms with Gasteiger partial charge < -0.3 is 0 Å². The van der Waals surface area contributed by atoms with Gasteiger partial charge in [-0.3, -0.25) is 0 Å². The Morgan fingerprint density at radius 3 is 2.07 bits per heavy atom. The molecule has 0 heterocycles. The van der Waals surface area contributed by atoms with Crippen LogP contribution < -0.4 is 0 Å². The summed E-state index contributed by atoms with van der Waals surface area (Å²) in [5, 5.41) is 2.68. The molecule has 0 bridgehead atoms. The third kappa shape index (κ3) is 7.15. The fourth-order valence-corrected chi connectivity index (χ4v) is 3.95. The Morgan fingerprint density at radius 1 is 0.828 bits per heavy atom. The van der Waals surface area contributed by atoms with E-state index in [2.05, 4.69) is 17.1 Å². The molecule has 29 heavy (non-hydrogen) atoms. The first-order valence-electron chi connectivity index (χ1n) is 8.82. The van der Waals surface area contributed by atoms with Crippen LogP contribution in [0.5, 0.6) is 0 Å². The Morgan fingerprint density at radius 2 is 1.45 bits per heavy atom. The van der Waals surface area contributed by atoms with Crippen molar-refractivity contribution >= 4 is 34.3 Å². The minimum Gasteiger partial charge on any atom is -0.242 e. The molecule has 0 saturated heterocycles. The molecule has 0 aromatic heterocycles. The third-order valence-corrected chi connectivity index (χ3v) is 5.64. The van der Waals surface area contributed by atoms with E-state index < -0.39 is 11.7 Å². The van der Waals surface area contributed by atoms with E-state index in [1.165, 1.54) is 29.5 Å². The smallest absolute Gasteiger partial charge is 0.242 e. The molecule has 0 N–H and O–H groups in total. The zero-order chi connectivity index (χ0) is 20.5. The molecule has 0 aliphatic carbocycles. The Bertz CT molecular complexity index is 951. The van der Waals surface area contributed by atoms with Gasteiger partial charge in [-0.05, 0) is 53.4 Å².